The monoisotopic (exact) mass is 3200 g/mol. The zero-order chi connectivity index (χ0) is 57.7. The maximum Gasteiger partial charge on any atom is 2.00 e. The average Bonchev–Trinajstić information content (AvgIpc) is 3.49. The molecule has 0 atom stereocenters. The summed E-state index contributed by atoms with van der Waals surface area (Å²) in [5.74, 6) is 2.42. The quantitative estimate of drug-likeness (QED) is 0.0354. The number of rotatable bonds is 14. The number of anilines is 4. The predicted molar refractivity (Wildman–Crippen MR) is 433 cm³/mol. The minimum Gasteiger partial charge on any atom is 2.00 e. The number of halogens is 18. The van der Waals surface area contributed by atoms with E-state index >= 15 is 0 Å². The SMILES string of the molecule is C(=N\Nc1cccc(-c2cccc(N/N=C/c3ccccn3)n2)n1)/c1ccccn1.C(=N\Nc1cccc(-c2cccc(N/N=C/c3ccccn3)n2)n1)/c1ccccn1.II.II.II.I[I-]I.I[I-]I.I[I-]I.I[I-]I.[Zn+2].[Zn+2]. The molecule has 8 aromatic heterocycles. The van der Waals surface area contributed by atoms with Crippen molar-refractivity contribution in [3.8, 4) is 22.8 Å². The first-order valence-electron chi connectivity index (χ1n) is 20.0. The van der Waals surface area contributed by atoms with Crippen molar-refractivity contribution in [1.29, 1.82) is 0 Å². The molecular weight excluding hydrogens is 3170 g/mol. The van der Waals surface area contributed by atoms with Crippen LogP contribution >= 0.6 is 261 Å². The average molecular weight is 3200 g/mol. The van der Waals surface area contributed by atoms with Gasteiger partial charge in [0.1, 0.15) is 23.3 Å². The second-order valence-electron chi connectivity index (χ2n) is 12.3. The molecule has 0 aromatic carbocycles. The van der Waals surface area contributed by atoms with Crippen molar-refractivity contribution in [3.63, 3.8) is 0 Å². The van der Waals surface area contributed by atoms with Gasteiger partial charge in [-0.3, -0.25) is 41.6 Å². The number of hydrogen-bond acceptors (Lipinski definition) is 16. The van der Waals surface area contributed by atoms with Gasteiger partial charge in [-0.05, 0) is 97.1 Å². The van der Waals surface area contributed by atoms with E-state index in [0.29, 0.717) is 99.1 Å². The van der Waals surface area contributed by atoms with Crippen LogP contribution in [0.15, 0.2) is 191 Å². The molecule has 0 bridgehead atoms. The van der Waals surface area contributed by atoms with E-state index in [2.05, 4.69) is 343 Å². The maximum atomic E-state index is 4.56. The fraction of sp³-hybridized carbons (Fsp3) is 0. The van der Waals surface area contributed by atoms with Gasteiger partial charge in [-0.1, -0.05) is 48.5 Å². The van der Waals surface area contributed by atoms with Gasteiger partial charge in [0.2, 0.25) is 0 Å². The molecule has 0 aliphatic heterocycles. The molecule has 8 heterocycles. The molecule has 8 rings (SSSR count). The molecule has 8 aromatic rings. The standard InChI is InChI=1S/2C22H18N8.4I3.3I2.2Zn/c2*1-3-13-23-17(7-1)15-25-29-21-11-5-9-19(27-21)20-10-6-12-22(28-20)30-26-16-18-8-2-4-14-24-18;4*1-3-2;3*1-2;;/h2*1-16H,(H,27,29)(H,28,30);;;;;;;;;/q;;4*-1;;;;2*+2/b2*25-15+,26-16+;;;;;;;;;. The second-order valence-corrected chi connectivity index (χ2v) is 77.3. The van der Waals surface area contributed by atoms with Gasteiger partial charge in [0.25, 0.3) is 0 Å². The first kappa shape index (κ1) is 89.7. The number of aromatic nitrogens is 8. The third-order valence-corrected chi connectivity index (χ3v) is 7.78. The molecule has 0 aliphatic rings. The topological polar surface area (TPSA) is 201 Å². The molecule has 36 heteroatoms. The number of hydrogen-bond donors (Lipinski definition) is 4. The number of nitrogens with one attached hydrogen (secondary N) is 4. The van der Waals surface area contributed by atoms with Crippen molar-refractivity contribution < 1.29 is 92.0 Å². The summed E-state index contributed by atoms with van der Waals surface area (Å²) in [5.41, 5.74) is 17.5. The van der Waals surface area contributed by atoms with E-state index in [9.17, 15) is 0 Å². The largest absolute Gasteiger partial charge is 2.00 e. The number of hydrazone groups is 4. The summed E-state index contributed by atoms with van der Waals surface area (Å²) < 4.78 is 0. The predicted octanol–water partition coefficient (Wildman–Crippen LogP) is 8.06. The molecule has 0 amide bonds. The molecule has 80 heavy (non-hydrogen) atoms. The Balaban J connectivity index is -0.00000113. The van der Waals surface area contributed by atoms with E-state index in [-0.39, 0.29) is 39.0 Å². The first-order chi connectivity index (χ1) is 38.4. The number of nitrogens with zero attached hydrogens (tertiary/aromatic N) is 12. The zero-order valence-corrected chi connectivity index (χ0v) is 84.8. The molecule has 422 valence electrons. The molecule has 4 N–H and O–H groups in total. The van der Waals surface area contributed by atoms with Crippen molar-refractivity contribution >= 4 is 309 Å². The van der Waals surface area contributed by atoms with E-state index in [0.717, 1.165) is 22.8 Å². The van der Waals surface area contributed by atoms with Crippen molar-refractivity contribution in [2.24, 2.45) is 20.4 Å². The summed E-state index contributed by atoms with van der Waals surface area (Å²) in [4.78, 5) is 35.0. The molecule has 0 radical (unpaired) electrons. The van der Waals surface area contributed by atoms with Gasteiger partial charge in [-0.25, -0.2) is 19.9 Å². The van der Waals surface area contributed by atoms with Gasteiger partial charge in [0.15, 0.2) is 0 Å². The maximum absolute atomic E-state index is 4.56. The second kappa shape index (κ2) is 67.4. The Hall–Kier alpha value is 5.47. The van der Waals surface area contributed by atoms with Crippen LogP contribution in [0.5, 0.6) is 0 Å². The molecule has 0 aliphatic carbocycles. The minimum absolute atomic E-state index is 0. The molecular formula is C44H36I18N16Zn2. The molecule has 0 saturated carbocycles. The Kier molecular flexibility index (Phi) is 75.5. The van der Waals surface area contributed by atoms with E-state index < -0.39 is 0 Å². The van der Waals surface area contributed by atoms with Crippen LogP contribution in [0.25, 0.3) is 22.8 Å². The Labute approximate surface area is 681 Å². The van der Waals surface area contributed by atoms with Gasteiger partial charge in [0, 0.05) is 136 Å². The van der Waals surface area contributed by atoms with E-state index in [4.69, 9.17) is 0 Å². The van der Waals surface area contributed by atoms with Crippen molar-refractivity contribution in [1.82, 2.24) is 39.9 Å². The van der Waals surface area contributed by atoms with Crippen molar-refractivity contribution in [3.05, 3.63) is 193 Å². The normalized spacial score (nSPS) is 9.62. The fourth-order valence-electron chi connectivity index (χ4n) is 5.03. The minimum atomic E-state index is 0. The zero-order valence-electron chi connectivity index (χ0n) is 40.1. The first-order valence-corrected chi connectivity index (χ1v) is 89.1. The smallest absolute Gasteiger partial charge is 2.00 e. The van der Waals surface area contributed by atoms with Gasteiger partial charge < -0.3 is 0 Å². The molecule has 16 nitrogen and oxygen atoms in total. The number of pyridine rings is 8. The van der Waals surface area contributed by atoms with Crippen LogP contribution in [0.4, 0.5) is 23.3 Å². The summed E-state index contributed by atoms with van der Waals surface area (Å²) in [6.07, 6.45) is 13.4. The fourth-order valence-corrected chi connectivity index (χ4v) is 5.03. The third-order valence-electron chi connectivity index (χ3n) is 7.78. The Morgan fingerprint density at radius 3 is 0.637 bits per heavy atom. The third kappa shape index (κ3) is 47.4. The summed E-state index contributed by atoms with van der Waals surface area (Å²) in [5, 5.41) is 16.7. The summed E-state index contributed by atoms with van der Waals surface area (Å²) in [6.45, 7) is 0. The Morgan fingerprint density at radius 1 is 0.287 bits per heavy atom. The molecule has 0 unspecified atom stereocenters. The summed E-state index contributed by atoms with van der Waals surface area (Å²) >= 11 is 33.9. The van der Waals surface area contributed by atoms with Crippen LogP contribution in [0, 0.1) is 0 Å². The van der Waals surface area contributed by atoms with Crippen LogP contribution < -0.4 is 74.7 Å². The van der Waals surface area contributed by atoms with Gasteiger partial charge in [-0.2, -0.15) is 20.4 Å². The summed E-state index contributed by atoms with van der Waals surface area (Å²) in [7, 11) is 0. The molecule has 0 spiro atoms. The molecule has 0 saturated heterocycles. The van der Waals surface area contributed by atoms with E-state index in [1.165, 1.54) is 0 Å². The van der Waals surface area contributed by atoms with Crippen molar-refractivity contribution in [2.45, 2.75) is 0 Å². The Bertz CT molecular complexity index is 2430. The van der Waals surface area contributed by atoms with Crippen LogP contribution in [-0.4, -0.2) is 64.7 Å². The van der Waals surface area contributed by atoms with Gasteiger partial charge in [0.05, 0.1) is 70.4 Å². The van der Waals surface area contributed by atoms with Gasteiger partial charge >= 0.3 is 241 Å². The van der Waals surface area contributed by atoms with Crippen LogP contribution in [-0.2, 0) is 39.0 Å². The van der Waals surface area contributed by atoms with E-state index in [1.807, 2.05) is 146 Å². The van der Waals surface area contributed by atoms with Crippen LogP contribution in [0.1, 0.15) is 22.8 Å². The Morgan fingerprint density at radius 2 is 0.475 bits per heavy atom. The van der Waals surface area contributed by atoms with Crippen LogP contribution in [0.3, 0.4) is 0 Å². The van der Waals surface area contributed by atoms with E-state index in [1.54, 1.807) is 49.6 Å². The molecule has 0 fully saturated rings. The summed E-state index contributed by atoms with van der Waals surface area (Å²) in [6, 6.07) is 44.9. The van der Waals surface area contributed by atoms with Crippen molar-refractivity contribution in [2.75, 3.05) is 21.7 Å². The van der Waals surface area contributed by atoms with Crippen LogP contribution in [0.2, 0.25) is 0 Å². The van der Waals surface area contributed by atoms with Gasteiger partial charge in [-0.15, -0.1) is 0 Å².